The van der Waals surface area contributed by atoms with E-state index in [-0.39, 0.29) is 25.3 Å². The minimum Gasteiger partial charge on any atom is -0.459 e. The zero-order valence-electron chi connectivity index (χ0n) is 11.0. The maximum absolute atomic E-state index is 11.4. The molecular weight excluding hydrogens is 254 g/mol. The molecule has 0 N–H and O–H groups in total. The van der Waals surface area contributed by atoms with Crippen molar-refractivity contribution in [1.29, 1.82) is 0 Å². The molecule has 0 atom stereocenters. The molecule has 0 heterocycles. The summed E-state index contributed by atoms with van der Waals surface area (Å²) in [5, 5.41) is 0.727. The first-order chi connectivity index (χ1) is 8.92. The number of nitrogens with zero attached hydrogens (tertiary/aromatic N) is 1. The number of rotatable bonds is 6. The molecule has 0 aliphatic heterocycles. The molecule has 0 aliphatic rings. The van der Waals surface area contributed by atoms with Crippen molar-refractivity contribution in [2.75, 3.05) is 19.8 Å². The standard InChI is InChI=1S/C12H17NO6/c1-5-10(14)19-13(6-2)12(16)18-8-7-17-11(15)9(3)4/h5H,1,3,6-8H2,2,4H3. The number of amides is 1. The highest BCUT2D eigenvalue weighted by atomic mass is 16.8. The Labute approximate surface area is 111 Å². The number of esters is 1. The molecule has 0 aromatic rings. The second-order valence-corrected chi connectivity index (χ2v) is 3.34. The number of hydrogen-bond donors (Lipinski definition) is 0. The predicted octanol–water partition coefficient (Wildman–Crippen LogP) is 1.21. The van der Waals surface area contributed by atoms with E-state index >= 15 is 0 Å². The lowest BCUT2D eigenvalue weighted by Crippen LogP contribution is -2.34. The van der Waals surface area contributed by atoms with E-state index in [1.54, 1.807) is 6.92 Å². The Bertz CT molecular complexity index is 376. The Morgan fingerprint density at radius 3 is 2.26 bits per heavy atom. The summed E-state index contributed by atoms with van der Waals surface area (Å²) >= 11 is 0. The van der Waals surface area contributed by atoms with Crippen molar-refractivity contribution in [3.05, 3.63) is 24.8 Å². The van der Waals surface area contributed by atoms with Crippen LogP contribution in [0.2, 0.25) is 0 Å². The second kappa shape index (κ2) is 8.73. The van der Waals surface area contributed by atoms with Gasteiger partial charge in [-0.15, -0.1) is 5.06 Å². The lowest BCUT2D eigenvalue weighted by Gasteiger charge is -2.17. The summed E-state index contributed by atoms with van der Waals surface area (Å²) in [7, 11) is 0. The van der Waals surface area contributed by atoms with E-state index < -0.39 is 18.0 Å². The Balaban J connectivity index is 4.01. The van der Waals surface area contributed by atoms with Crippen molar-refractivity contribution < 1.29 is 28.7 Å². The fraction of sp³-hybridized carbons (Fsp3) is 0.417. The predicted molar refractivity (Wildman–Crippen MR) is 65.8 cm³/mol. The van der Waals surface area contributed by atoms with Crippen LogP contribution in [0.25, 0.3) is 0 Å². The highest BCUT2D eigenvalue weighted by Crippen LogP contribution is 1.98. The fourth-order valence-corrected chi connectivity index (χ4v) is 0.835. The van der Waals surface area contributed by atoms with Crippen molar-refractivity contribution in [2.45, 2.75) is 13.8 Å². The largest absolute Gasteiger partial charge is 0.459 e. The molecular formula is C12H17NO6. The van der Waals surface area contributed by atoms with Crippen LogP contribution in [0, 0.1) is 0 Å². The number of hydroxylamine groups is 2. The smallest absolute Gasteiger partial charge is 0.443 e. The number of ether oxygens (including phenoxy) is 2. The third-order valence-corrected chi connectivity index (χ3v) is 1.75. The molecule has 0 bridgehead atoms. The van der Waals surface area contributed by atoms with Gasteiger partial charge in [-0.05, 0) is 13.8 Å². The second-order valence-electron chi connectivity index (χ2n) is 3.34. The van der Waals surface area contributed by atoms with Gasteiger partial charge in [0.1, 0.15) is 13.2 Å². The van der Waals surface area contributed by atoms with E-state index in [1.807, 2.05) is 0 Å². The van der Waals surface area contributed by atoms with Gasteiger partial charge in [0, 0.05) is 11.6 Å². The van der Waals surface area contributed by atoms with Gasteiger partial charge in [-0.1, -0.05) is 13.2 Å². The summed E-state index contributed by atoms with van der Waals surface area (Å²) in [6.45, 7) is 9.55. The average molecular weight is 271 g/mol. The van der Waals surface area contributed by atoms with Crippen LogP contribution >= 0.6 is 0 Å². The minimum absolute atomic E-state index is 0.107. The average Bonchev–Trinajstić information content (AvgIpc) is 2.39. The molecule has 0 fully saturated rings. The van der Waals surface area contributed by atoms with Crippen LogP contribution in [0.15, 0.2) is 24.8 Å². The molecule has 0 spiro atoms. The third-order valence-electron chi connectivity index (χ3n) is 1.75. The van der Waals surface area contributed by atoms with Crippen LogP contribution in [0.1, 0.15) is 13.8 Å². The summed E-state index contributed by atoms with van der Waals surface area (Å²) in [4.78, 5) is 38.0. The summed E-state index contributed by atoms with van der Waals surface area (Å²) in [6.07, 6.45) is 0.0639. The zero-order valence-corrected chi connectivity index (χ0v) is 11.0. The molecule has 0 radical (unpaired) electrons. The summed E-state index contributed by atoms with van der Waals surface area (Å²) < 4.78 is 9.45. The van der Waals surface area contributed by atoms with Crippen LogP contribution < -0.4 is 0 Å². The lowest BCUT2D eigenvalue weighted by atomic mass is 10.4. The number of carbonyl (C=O) groups excluding carboxylic acids is 3. The Morgan fingerprint density at radius 2 is 1.79 bits per heavy atom. The molecule has 0 saturated heterocycles. The van der Waals surface area contributed by atoms with E-state index in [4.69, 9.17) is 9.47 Å². The van der Waals surface area contributed by atoms with Gasteiger partial charge in [0.2, 0.25) is 0 Å². The maximum atomic E-state index is 11.4. The maximum Gasteiger partial charge on any atom is 0.443 e. The topological polar surface area (TPSA) is 82.1 Å². The van der Waals surface area contributed by atoms with E-state index in [1.165, 1.54) is 6.92 Å². The van der Waals surface area contributed by atoms with Gasteiger partial charge in [-0.2, -0.15) is 0 Å². The first-order valence-electron chi connectivity index (χ1n) is 5.53. The van der Waals surface area contributed by atoms with E-state index in [2.05, 4.69) is 18.0 Å². The molecule has 7 heteroatoms. The highest BCUT2D eigenvalue weighted by Gasteiger charge is 2.17. The molecule has 0 saturated carbocycles. The van der Waals surface area contributed by atoms with Crippen LogP contribution in [0.5, 0.6) is 0 Å². The van der Waals surface area contributed by atoms with Crippen LogP contribution in [-0.4, -0.2) is 42.9 Å². The lowest BCUT2D eigenvalue weighted by molar-refractivity contribution is -0.174. The summed E-state index contributed by atoms with van der Waals surface area (Å²) in [5.74, 6) is -1.34. The Hall–Kier alpha value is -2.31. The molecule has 19 heavy (non-hydrogen) atoms. The van der Waals surface area contributed by atoms with Crippen LogP contribution in [0.3, 0.4) is 0 Å². The van der Waals surface area contributed by atoms with Gasteiger partial charge >= 0.3 is 18.0 Å². The molecule has 0 aliphatic carbocycles. The van der Waals surface area contributed by atoms with Crippen molar-refractivity contribution >= 4 is 18.0 Å². The minimum atomic E-state index is -0.857. The zero-order chi connectivity index (χ0) is 14.8. The third kappa shape index (κ3) is 6.87. The molecule has 0 aromatic carbocycles. The Morgan fingerprint density at radius 1 is 1.21 bits per heavy atom. The van der Waals surface area contributed by atoms with Crippen molar-refractivity contribution in [3.8, 4) is 0 Å². The first kappa shape index (κ1) is 16.7. The Kier molecular flexibility index (Phi) is 7.67. The molecule has 0 rings (SSSR count). The van der Waals surface area contributed by atoms with Gasteiger partial charge in [0.25, 0.3) is 0 Å². The van der Waals surface area contributed by atoms with Crippen LogP contribution in [0.4, 0.5) is 4.79 Å². The normalized spacial score (nSPS) is 9.16. The van der Waals surface area contributed by atoms with E-state index in [9.17, 15) is 14.4 Å². The van der Waals surface area contributed by atoms with E-state index in [0.29, 0.717) is 0 Å². The van der Waals surface area contributed by atoms with E-state index in [0.717, 1.165) is 11.1 Å². The summed E-state index contributed by atoms with van der Waals surface area (Å²) in [5.41, 5.74) is 0.251. The van der Waals surface area contributed by atoms with Gasteiger partial charge in [-0.25, -0.2) is 14.4 Å². The molecule has 0 unspecified atom stereocenters. The SMILES string of the molecule is C=CC(=O)ON(CC)C(=O)OCCOC(=O)C(=C)C. The monoisotopic (exact) mass is 271 g/mol. The number of carbonyl (C=O) groups is 3. The van der Waals surface area contributed by atoms with Gasteiger partial charge < -0.3 is 14.3 Å². The highest BCUT2D eigenvalue weighted by molar-refractivity contribution is 5.86. The quantitative estimate of drug-likeness (QED) is 0.312. The van der Waals surface area contributed by atoms with Gasteiger partial charge in [-0.3, -0.25) is 0 Å². The van der Waals surface area contributed by atoms with Gasteiger partial charge in [0.05, 0.1) is 6.54 Å². The van der Waals surface area contributed by atoms with Crippen molar-refractivity contribution in [2.24, 2.45) is 0 Å². The number of hydrogen-bond acceptors (Lipinski definition) is 6. The molecule has 106 valence electrons. The van der Waals surface area contributed by atoms with Crippen LogP contribution in [-0.2, 0) is 23.9 Å². The van der Waals surface area contributed by atoms with Crippen molar-refractivity contribution in [3.63, 3.8) is 0 Å². The summed E-state index contributed by atoms with van der Waals surface area (Å²) in [6, 6.07) is 0. The molecule has 7 nitrogen and oxygen atoms in total. The van der Waals surface area contributed by atoms with Crippen molar-refractivity contribution in [1.82, 2.24) is 5.06 Å². The molecule has 0 aromatic heterocycles. The van der Waals surface area contributed by atoms with Gasteiger partial charge in [0.15, 0.2) is 0 Å². The first-order valence-corrected chi connectivity index (χ1v) is 5.53. The fourth-order valence-electron chi connectivity index (χ4n) is 0.835. The molecule has 1 amide bonds.